The number of hydrogen-bond donors (Lipinski definition) is 2. The Balaban J connectivity index is 1.46. The summed E-state index contributed by atoms with van der Waals surface area (Å²) in [6.45, 7) is 2.01. The molecule has 2 atom stereocenters. The molecule has 2 heterocycles. The van der Waals surface area contributed by atoms with E-state index in [4.69, 9.17) is 4.98 Å². The summed E-state index contributed by atoms with van der Waals surface area (Å²) in [6.07, 6.45) is 7.76. The van der Waals surface area contributed by atoms with Crippen molar-refractivity contribution in [3.63, 3.8) is 0 Å². The van der Waals surface area contributed by atoms with Gasteiger partial charge >= 0.3 is 0 Å². The molecule has 0 aromatic carbocycles. The maximum absolute atomic E-state index is 4.71. The number of fused-ring (bicyclic) bond motifs is 1. The van der Waals surface area contributed by atoms with Gasteiger partial charge in [-0.3, -0.25) is 4.68 Å². The van der Waals surface area contributed by atoms with Crippen LogP contribution in [0.2, 0.25) is 0 Å². The van der Waals surface area contributed by atoms with Gasteiger partial charge < -0.3 is 10.6 Å². The summed E-state index contributed by atoms with van der Waals surface area (Å²) in [6, 6.07) is 0.670. The Morgan fingerprint density at radius 1 is 1.37 bits per heavy atom. The lowest BCUT2D eigenvalue weighted by Gasteiger charge is -2.30. The Labute approximate surface area is 114 Å². The average Bonchev–Trinajstić information content (AvgIpc) is 2.89. The molecule has 3 fully saturated rings. The van der Waals surface area contributed by atoms with Gasteiger partial charge in [-0.05, 0) is 45.1 Å². The minimum atomic E-state index is 0.325. The molecule has 2 unspecified atom stereocenters. The first-order valence-electron chi connectivity index (χ1n) is 7.65. The molecule has 5 nitrogen and oxygen atoms in total. The number of aromatic nitrogens is 3. The molecule has 0 amide bonds. The van der Waals surface area contributed by atoms with Crippen molar-refractivity contribution in [3.05, 3.63) is 11.6 Å². The number of nitrogens with zero attached hydrogens (tertiary/aromatic N) is 3. The summed E-state index contributed by atoms with van der Waals surface area (Å²) in [5.74, 6) is 2.80. The number of hydrogen-bond acceptors (Lipinski definition) is 4. The van der Waals surface area contributed by atoms with Gasteiger partial charge in [0.1, 0.15) is 5.82 Å². The molecule has 1 aromatic heterocycles. The second-order valence-electron chi connectivity index (χ2n) is 6.44. The van der Waals surface area contributed by atoms with E-state index in [2.05, 4.69) is 15.7 Å². The molecule has 19 heavy (non-hydrogen) atoms. The van der Waals surface area contributed by atoms with Crippen LogP contribution in [-0.4, -0.2) is 32.9 Å². The average molecular weight is 261 g/mol. The van der Waals surface area contributed by atoms with Gasteiger partial charge in [0.05, 0.1) is 6.54 Å². The first kappa shape index (κ1) is 11.9. The maximum Gasteiger partial charge on any atom is 0.154 e. The van der Waals surface area contributed by atoms with Crippen molar-refractivity contribution in [2.75, 3.05) is 6.54 Å². The third-order valence-corrected chi connectivity index (χ3v) is 5.16. The molecule has 5 heteroatoms. The molecule has 0 radical (unpaired) electrons. The first-order valence-corrected chi connectivity index (χ1v) is 7.65. The van der Waals surface area contributed by atoms with E-state index in [1.807, 2.05) is 11.7 Å². The normalized spacial score (nSPS) is 33.8. The molecule has 104 valence electrons. The summed E-state index contributed by atoms with van der Waals surface area (Å²) in [5, 5.41) is 12.0. The van der Waals surface area contributed by atoms with Crippen molar-refractivity contribution in [2.45, 2.75) is 62.6 Å². The standard InChI is InChI=1S/C14H23N5/c1-19-12(17-13(18-19)10-4-5-10)9-16-14-6-2-3-11(14)15-8-7-14/h10-11,15-16H,2-9H2,1H3. The van der Waals surface area contributed by atoms with Gasteiger partial charge in [0.15, 0.2) is 5.82 Å². The van der Waals surface area contributed by atoms with Crippen LogP contribution < -0.4 is 10.6 Å². The zero-order valence-electron chi connectivity index (χ0n) is 11.7. The van der Waals surface area contributed by atoms with Crippen molar-refractivity contribution >= 4 is 0 Å². The second kappa shape index (κ2) is 4.28. The van der Waals surface area contributed by atoms with E-state index in [-0.39, 0.29) is 0 Å². The molecule has 2 N–H and O–H groups in total. The minimum absolute atomic E-state index is 0.325. The SMILES string of the molecule is Cn1nc(C2CC2)nc1CNC12CCCC1NCC2. The van der Waals surface area contributed by atoms with Gasteiger partial charge in [0.2, 0.25) is 0 Å². The lowest BCUT2D eigenvalue weighted by Crippen LogP contribution is -2.50. The van der Waals surface area contributed by atoms with Gasteiger partial charge in [0, 0.05) is 24.5 Å². The van der Waals surface area contributed by atoms with Crippen LogP contribution in [0.3, 0.4) is 0 Å². The monoisotopic (exact) mass is 261 g/mol. The van der Waals surface area contributed by atoms with Crippen LogP contribution in [-0.2, 0) is 13.6 Å². The molecule has 0 bridgehead atoms. The fraction of sp³-hybridized carbons (Fsp3) is 0.857. The lowest BCUT2D eigenvalue weighted by atomic mass is 9.93. The van der Waals surface area contributed by atoms with Gasteiger partial charge in [-0.1, -0.05) is 0 Å². The summed E-state index contributed by atoms with van der Waals surface area (Å²) in [4.78, 5) is 4.71. The fourth-order valence-corrected chi connectivity index (χ4v) is 3.80. The number of rotatable bonds is 4. The maximum atomic E-state index is 4.71. The molecule has 1 aliphatic heterocycles. The topological polar surface area (TPSA) is 54.8 Å². The van der Waals surface area contributed by atoms with Gasteiger partial charge in [-0.2, -0.15) is 5.10 Å². The third kappa shape index (κ3) is 1.99. The van der Waals surface area contributed by atoms with E-state index >= 15 is 0 Å². The first-order chi connectivity index (χ1) is 9.27. The van der Waals surface area contributed by atoms with Crippen LogP contribution in [0.4, 0.5) is 0 Å². The molecular formula is C14H23N5. The van der Waals surface area contributed by atoms with Crippen molar-refractivity contribution in [1.29, 1.82) is 0 Å². The van der Waals surface area contributed by atoms with Crippen LogP contribution in [0.1, 0.15) is 56.1 Å². The van der Waals surface area contributed by atoms with Crippen molar-refractivity contribution in [3.8, 4) is 0 Å². The molecule has 2 saturated carbocycles. The molecule has 1 aromatic rings. The highest BCUT2D eigenvalue weighted by molar-refractivity contribution is 5.10. The smallest absolute Gasteiger partial charge is 0.154 e. The highest BCUT2D eigenvalue weighted by Gasteiger charge is 2.45. The highest BCUT2D eigenvalue weighted by Crippen LogP contribution is 2.38. The van der Waals surface area contributed by atoms with Crippen LogP contribution >= 0.6 is 0 Å². The highest BCUT2D eigenvalue weighted by atomic mass is 15.3. The van der Waals surface area contributed by atoms with E-state index in [9.17, 15) is 0 Å². The third-order valence-electron chi connectivity index (χ3n) is 5.16. The molecule has 2 aliphatic carbocycles. The Kier molecular flexibility index (Phi) is 2.67. The molecule has 1 saturated heterocycles. The van der Waals surface area contributed by atoms with Crippen LogP contribution in [0.25, 0.3) is 0 Å². The zero-order chi connectivity index (χ0) is 12.9. The quantitative estimate of drug-likeness (QED) is 0.851. The molecule has 0 spiro atoms. The van der Waals surface area contributed by atoms with Gasteiger partial charge in [0.25, 0.3) is 0 Å². The molecule has 4 rings (SSSR count). The van der Waals surface area contributed by atoms with E-state index in [0.29, 0.717) is 17.5 Å². The largest absolute Gasteiger partial charge is 0.312 e. The van der Waals surface area contributed by atoms with Crippen LogP contribution in [0.5, 0.6) is 0 Å². The Morgan fingerprint density at radius 3 is 3.11 bits per heavy atom. The summed E-state index contributed by atoms with van der Waals surface area (Å²) < 4.78 is 1.96. The van der Waals surface area contributed by atoms with Crippen molar-refractivity contribution in [1.82, 2.24) is 25.4 Å². The molecular weight excluding hydrogens is 238 g/mol. The lowest BCUT2D eigenvalue weighted by molar-refractivity contribution is 0.313. The predicted octanol–water partition coefficient (Wildman–Crippen LogP) is 1.07. The van der Waals surface area contributed by atoms with Crippen molar-refractivity contribution < 1.29 is 0 Å². The van der Waals surface area contributed by atoms with E-state index < -0.39 is 0 Å². The van der Waals surface area contributed by atoms with Crippen LogP contribution in [0, 0.1) is 0 Å². The Morgan fingerprint density at radius 2 is 2.26 bits per heavy atom. The Bertz CT molecular complexity index is 466. The van der Waals surface area contributed by atoms with Gasteiger partial charge in [-0.25, -0.2) is 4.98 Å². The van der Waals surface area contributed by atoms with E-state index in [0.717, 1.165) is 24.7 Å². The van der Waals surface area contributed by atoms with E-state index in [1.54, 1.807) is 0 Å². The summed E-state index contributed by atoms with van der Waals surface area (Å²) in [7, 11) is 2.02. The predicted molar refractivity (Wildman–Crippen MR) is 72.8 cm³/mol. The summed E-state index contributed by atoms with van der Waals surface area (Å²) in [5.41, 5.74) is 0.325. The zero-order valence-corrected chi connectivity index (χ0v) is 11.7. The number of nitrogens with one attached hydrogen (secondary N) is 2. The summed E-state index contributed by atoms with van der Waals surface area (Å²) >= 11 is 0. The van der Waals surface area contributed by atoms with Gasteiger partial charge in [-0.15, -0.1) is 0 Å². The second-order valence-corrected chi connectivity index (χ2v) is 6.44. The fourth-order valence-electron chi connectivity index (χ4n) is 3.80. The van der Waals surface area contributed by atoms with E-state index in [1.165, 1.54) is 38.5 Å². The Hall–Kier alpha value is -0.940. The minimum Gasteiger partial charge on any atom is -0.312 e. The van der Waals surface area contributed by atoms with Crippen LogP contribution in [0.15, 0.2) is 0 Å². The van der Waals surface area contributed by atoms with Crippen molar-refractivity contribution in [2.24, 2.45) is 7.05 Å². The number of aryl methyl sites for hydroxylation is 1. The molecule has 3 aliphatic rings.